The molecular weight excluding hydrogens is 211 g/mol. The van der Waals surface area contributed by atoms with Gasteiger partial charge in [0.15, 0.2) is 0 Å². The lowest BCUT2D eigenvalue weighted by Crippen LogP contribution is -2.13. The van der Waals surface area contributed by atoms with E-state index in [1.165, 1.54) is 19.2 Å². The van der Waals surface area contributed by atoms with Gasteiger partial charge >= 0.3 is 5.97 Å². The predicted octanol–water partition coefficient (Wildman–Crippen LogP) is 2.34. The van der Waals surface area contributed by atoms with Crippen LogP contribution in [0.1, 0.15) is 24.8 Å². The van der Waals surface area contributed by atoms with Crippen LogP contribution >= 0.6 is 0 Å². The fraction of sp³-hybridized carbons (Fsp3) is 0.417. The zero-order valence-corrected chi connectivity index (χ0v) is 9.00. The van der Waals surface area contributed by atoms with E-state index in [2.05, 4.69) is 0 Å². The maximum atomic E-state index is 13.3. The van der Waals surface area contributed by atoms with Crippen LogP contribution in [0.15, 0.2) is 18.2 Å². The Morgan fingerprint density at radius 1 is 1.50 bits per heavy atom. The van der Waals surface area contributed by atoms with E-state index in [1.54, 1.807) is 6.07 Å². The first-order chi connectivity index (χ1) is 7.55. The van der Waals surface area contributed by atoms with E-state index in [0.717, 1.165) is 18.4 Å². The normalized spacial score (nSPS) is 16.9. The van der Waals surface area contributed by atoms with Gasteiger partial charge in [0.2, 0.25) is 0 Å². The van der Waals surface area contributed by atoms with Crippen molar-refractivity contribution >= 4 is 5.97 Å². The molecule has 1 aromatic rings. The number of carboxylic acid groups (broad SMARTS) is 1. The molecule has 3 nitrogen and oxygen atoms in total. The smallest absolute Gasteiger partial charge is 0.304 e. The Hall–Kier alpha value is -1.58. The Morgan fingerprint density at radius 3 is 2.69 bits per heavy atom. The molecule has 0 saturated heterocycles. The van der Waals surface area contributed by atoms with Crippen LogP contribution in [0.25, 0.3) is 0 Å². The summed E-state index contributed by atoms with van der Waals surface area (Å²) >= 11 is 0. The summed E-state index contributed by atoms with van der Waals surface area (Å²) in [6.45, 7) is 0. The maximum absolute atomic E-state index is 13.3. The Morgan fingerprint density at radius 2 is 2.19 bits per heavy atom. The van der Waals surface area contributed by atoms with Crippen LogP contribution in [0, 0.1) is 5.82 Å². The third kappa shape index (κ3) is 2.01. The number of ether oxygens (including phenoxy) is 1. The summed E-state index contributed by atoms with van der Waals surface area (Å²) < 4.78 is 18.3. The highest BCUT2D eigenvalue weighted by molar-refractivity contribution is 5.70. The second-order valence-electron chi connectivity index (χ2n) is 4.23. The number of halogens is 1. The standard InChI is InChI=1S/C12H13FO3/c1-16-10-5-8(4-9(13)6-10)12(2-3-12)7-11(14)15/h4-6H,2-3,7H2,1H3,(H,14,15). The van der Waals surface area contributed by atoms with Crippen LogP contribution in [-0.4, -0.2) is 18.2 Å². The van der Waals surface area contributed by atoms with Crippen molar-refractivity contribution < 1.29 is 19.0 Å². The first-order valence-corrected chi connectivity index (χ1v) is 5.13. The summed E-state index contributed by atoms with van der Waals surface area (Å²) in [5.74, 6) is -0.793. The number of hydrogen-bond donors (Lipinski definition) is 1. The van der Waals surface area contributed by atoms with Crippen LogP contribution in [0.5, 0.6) is 5.75 Å². The topological polar surface area (TPSA) is 46.5 Å². The lowest BCUT2D eigenvalue weighted by atomic mass is 9.92. The summed E-state index contributed by atoms with van der Waals surface area (Å²) in [5, 5.41) is 8.82. The minimum Gasteiger partial charge on any atom is -0.497 e. The molecule has 86 valence electrons. The van der Waals surface area contributed by atoms with Crippen molar-refractivity contribution in [2.75, 3.05) is 7.11 Å². The molecule has 1 aromatic carbocycles. The van der Waals surface area contributed by atoms with Crippen molar-refractivity contribution in [2.45, 2.75) is 24.7 Å². The molecule has 0 aromatic heterocycles. The maximum Gasteiger partial charge on any atom is 0.304 e. The van der Waals surface area contributed by atoms with Crippen molar-refractivity contribution in [3.8, 4) is 5.75 Å². The molecule has 16 heavy (non-hydrogen) atoms. The fourth-order valence-corrected chi connectivity index (χ4v) is 1.99. The third-order valence-corrected chi connectivity index (χ3v) is 3.06. The second kappa shape index (κ2) is 3.77. The molecular formula is C12H13FO3. The Bertz CT molecular complexity index is 424. The average Bonchev–Trinajstić information content (AvgIpc) is 2.97. The van der Waals surface area contributed by atoms with Crippen molar-refractivity contribution in [1.29, 1.82) is 0 Å². The van der Waals surface area contributed by atoms with Crippen molar-refractivity contribution in [3.05, 3.63) is 29.6 Å². The van der Waals surface area contributed by atoms with Crippen LogP contribution < -0.4 is 4.74 Å². The van der Waals surface area contributed by atoms with Crippen LogP contribution in [-0.2, 0) is 10.2 Å². The first-order valence-electron chi connectivity index (χ1n) is 5.13. The molecule has 1 N–H and O–H groups in total. The lowest BCUT2D eigenvalue weighted by Gasteiger charge is -2.14. The van der Waals surface area contributed by atoms with Gasteiger partial charge in [0.05, 0.1) is 13.5 Å². The van der Waals surface area contributed by atoms with Crippen LogP contribution in [0.2, 0.25) is 0 Å². The van der Waals surface area contributed by atoms with Gasteiger partial charge in [-0.15, -0.1) is 0 Å². The van der Waals surface area contributed by atoms with E-state index < -0.39 is 5.97 Å². The number of hydrogen-bond acceptors (Lipinski definition) is 2. The molecule has 4 heteroatoms. The number of benzene rings is 1. The number of aliphatic carboxylic acids is 1. The predicted molar refractivity (Wildman–Crippen MR) is 56.1 cm³/mol. The van der Waals surface area contributed by atoms with E-state index in [4.69, 9.17) is 9.84 Å². The number of carbonyl (C=O) groups is 1. The molecule has 1 fully saturated rings. The van der Waals surface area contributed by atoms with Gasteiger partial charge in [-0.05, 0) is 30.5 Å². The highest BCUT2D eigenvalue weighted by Gasteiger charge is 2.46. The minimum atomic E-state index is -0.847. The van der Waals surface area contributed by atoms with Gasteiger partial charge in [0, 0.05) is 11.5 Å². The molecule has 0 atom stereocenters. The summed E-state index contributed by atoms with van der Waals surface area (Å²) in [4.78, 5) is 10.7. The molecule has 1 saturated carbocycles. The van der Waals surface area contributed by atoms with E-state index in [9.17, 15) is 9.18 Å². The summed E-state index contributed by atoms with van der Waals surface area (Å²) in [7, 11) is 1.47. The quantitative estimate of drug-likeness (QED) is 0.853. The second-order valence-corrected chi connectivity index (χ2v) is 4.23. The largest absolute Gasteiger partial charge is 0.497 e. The molecule has 0 aliphatic heterocycles. The molecule has 0 amide bonds. The number of carboxylic acids is 1. The Labute approximate surface area is 92.9 Å². The SMILES string of the molecule is COc1cc(F)cc(C2(CC(=O)O)CC2)c1. The molecule has 1 aliphatic rings. The molecule has 0 heterocycles. The van der Waals surface area contributed by atoms with Crippen molar-refractivity contribution in [1.82, 2.24) is 0 Å². The first kappa shape index (κ1) is 10.9. The minimum absolute atomic E-state index is 0.0552. The molecule has 0 bridgehead atoms. The average molecular weight is 224 g/mol. The van der Waals surface area contributed by atoms with Crippen LogP contribution in [0.3, 0.4) is 0 Å². The number of rotatable bonds is 4. The van der Waals surface area contributed by atoms with Gasteiger partial charge in [0.1, 0.15) is 11.6 Å². The van der Waals surface area contributed by atoms with Gasteiger partial charge in [-0.3, -0.25) is 4.79 Å². The summed E-state index contributed by atoms with van der Waals surface area (Å²) in [6.07, 6.45) is 1.65. The van der Waals surface area contributed by atoms with Crippen LogP contribution in [0.4, 0.5) is 4.39 Å². The fourth-order valence-electron chi connectivity index (χ4n) is 1.99. The number of methoxy groups -OCH3 is 1. The third-order valence-electron chi connectivity index (χ3n) is 3.06. The van der Waals surface area contributed by atoms with Gasteiger partial charge in [-0.2, -0.15) is 0 Å². The van der Waals surface area contributed by atoms with Crippen molar-refractivity contribution in [2.24, 2.45) is 0 Å². The van der Waals surface area contributed by atoms with E-state index in [-0.39, 0.29) is 17.7 Å². The van der Waals surface area contributed by atoms with Gasteiger partial charge in [-0.25, -0.2) is 4.39 Å². The lowest BCUT2D eigenvalue weighted by molar-refractivity contribution is -0.137. The highest BCUT2D eigenvalue weighted by atomic mass is 19.1. The van der Waals surface area contributed by atoms with E-state index in [1.807, 2.05) is 0 Å². The van der Waals surface area contributed by atoms with Gasteiger partial charge < -0.3 is 9.84 Å². The zero-order valence-electron chi connectivity index (χ0n) is 9.00. The highest BCUT2D eigenvalue weighted by Crippen LogP contribution is 2.51. The van der Waals surface area contributed by atoms with Gasteiger partial charge in [-0.1, -0.05) is 0 Å². The zero-order chi connectivity index (χ0) is 11.8. The summed E-state index contributed by atoms with van der Waals surface area (Å²) in [6, 6.07) is 4.41. The Kier molecular flexibility index (Phi) is 2.58. The van der Waals surface area contributed by atoms with E-state index in [0.29, 0.717) is 5.75 Å². The van der Waals surface area contributed by atoms with E-state index >= 15 is 0 Å². The summed E-state index contributed by atoms with van der Waals surface area (Å²) in [5.41, 5.74) is 0.355. The Balaban J connectivity index is 2.33. The molecule has 0 unspecified atom stereocenters. The molecule has 2 rings (SSSR count). The monoisotopic (exact) mass is 224 g/mol. The van der Waals surface area contributed by atoms with Crippen molar-refractivity contribution in [3.63, 3.8) is 0 Å². The molecule has 0 spiro atoms. The molecule has 0 radical (unpaired) electrons. The van der Waals surface area contributed by atoms with Gasteiger partial charge in [0.25, 0.3) is 0 Å². The molecule has 1 aliphatic carbocycles.